The first-order chi connectivity index (χ1) is 11.7. The number of hydrogen-bond donors (Lipinski definition) is 1. The molecule has 0 spiro atoms. The Kier molecular flexibility index (Phi) is 3.45. The topological polar surface area (TPSA) is 70.7 Å². The molecule has 1 aliphatic rings. The third-order valence-corrected chi connectivity index (χ3v) is 4.67. The highest BCUT2D eigenvalue weighted by Crippen LogP contribution is 2.30. The largest absolute Gasteiger partial charge is 0.478 e. The normalized spacial score (nSPS) is 14.0. The Hall–Kier alpha value is -2.89. The Bertz CT molecular complexity index is 932. The fraction of sp³-hybridized carbons (Fsp3) is 0.278. The molecule has 122 valence electrons. The van der Waals surface area contributed by atoms with Gasteiger partial charge in [0.25, 0.3) is 0 Å². The van der Waals surface area contributed by atoms with Crippen molar-refractivity contribution < 1.29 is 9.90 Å². The van der Waals surface area contributed by atoms with Crippen molar-refractivity contribution >= 4 is 17.3 Å². The number of hydrogen-bond acceptors (Lipinski definition) is 4. The van der Waals surface area contributed by atoms with Crippen LogP contribution >= 0.6 is 0 Å². The van der Waals surface area contributed by atoms with Gasteiger partial charge < -0.3 is 10.0 Å². The van der Waals surface area contributed by atoms with Crippen LogP contribution in [0.15, 0.2) is 36.8 Å². The average molecular weight is 322 g/mol. The summed E-state index contributed by atoms with van der Waals surface area (Å²) < 4.78 is 1.64. The van der Waals surface area contributed by atoms with E-state index in [2.05, 4.69) is 39.2 Å². The Morgan fingerprint density at radius 3 is 2.83 bits per heavy atom. The molecule has 6 nitrogen and oxygen atoms in total. The molecule has 4 rings (SSSR count). The lowest BCUT2D eigenvalue weighted by Crippen LogP contribution is -2.31. The zero-order valence-electron chi connectivity index (χ0n) is 13.4. The minimum atomic E-state index is -0.924. The average Bonchev–Trinajstić information content (AvgIpc) is 3.00. The number of aryl methyl sites for hydroxylation is 1. The van der Waals surface area contributed by atoms with Crippen molar-refractivity contribution in [3.63, 3.8) is 0 Å². The monoisotopic (exact) mass is 322 g/mol. The smallest absolute Gasteiger partial charge is 0.337 e. The van der Waals surface area contributed by atoms with E-state index in [1.807, 2.05) is 6.92 Å². The molecule has 0 atom stereocenters. The first kappa shape index (κ1) is 14.7. The van der Waals surface area contributed by atoms with E-state index in [1.54, 1.807) is 10.7 Å². The Balaban J connectivity index is 1.84. The van der Waals surface area contributed by atoms with Crippen LogP contribution in [-0.2, 0) is 19.4 Å². The highest BCUT2D eigenvalue weighted by molar-refractivity contribution is 5.94. The number of aromatic carboxylic acids is 1. The van der Waals surface area contributed by atoms with Crippen LogP contribution in [0, 0.1) is 0 Å². The molecule has 3 aromatic rings. The molecule has 6 heteroatoms. The number of carboxylic acids is 1. The molecule has 0 fully saturated rings. The van der Waals surface area contributed by atoms with Crippen molar-refractivity contribution in [3.05, 3.63) is 59.0 Å². The fourth-order valence-corrected chi connectivity index (χ4v) is 3.51. The van der Waals surface area contributed by atoms with E-state index in [4.69, 9.17) is 0 Å². The van der Waals surface area contributed by atoms with Gasteiger partial charge >= 0.3 is 5.97 Å². The molecule has 0 radical (unpaired) electrons. The molecule has 0 unspecified atom stereocenters. The molecule has 24 heavy (non-hydrogen) atoms. The maximum Gasteiger partial charge on any atom is 0.337 e. The third-order valence-electron chi connectivity index (χ3n) is 4.67. The minimum absolute atomic E-state index is 0.302. The van der Waals surface area contributed by atoms with Gasteiger partial charge in [-0.25, -0.2) is 14.3 Å². The number of nitrogens with zero attached hydrogens (tertiary/aromatic N) is 4. The zero-order valence-corrected chi connectivity index (χ0v) is 13.4. The van der Waals surface area contributed by atoms with Gasteiger partial charge in [-0.05, 0) is 29.5 Å². The molecule has 0 amide bonds. The van der Waals surface area contributed by atoms with Crippen LogP contribution in [0.4, 0.5) is 5.82 Å². The summed E-state index contributed by atoms with van der Waals surface area (Å²) in [6.07, 6.45) is 4.66. The van der Waals surface area contributed by atoms with Gasteiger partial charge in [0.15, 0.2) is 5.82 Å². The molecule has 0 saturated heterocycles. The van der Waals surface area contributed by atoms with Crippen molar-refractivity contribution in [1.29, 1.82) is 0 Å². The second-order valence-electron chi connectivity index (χ2n) is 6.00. The maximum absolute atomic E-state index is 11.5. The maximum atomic E-state index is 11.5. The van der Waals surface area contributed by atoms with E-state index in [0.29, 0.717) is 12.0 Å². The van der Waals surface area contributed by atoms with Crippen LogP contribution in [0.1, 0.15) is 34.0 Å². The predicted octanol–water partition coefficient (Wildman–Crippen LogP) is 2.55. The lowest BCUT2D eigenvalue weighted by molar-refractivity contribution is 0.0696. The first-order valence-corrected chi connectivity index (χ1v) is 8.09. The second kappa shape index (κ2) is 5.63. The summed E-state index contributed by atoms with van der Waals surface area (Å²) in [5.41, 5.74) is 4.56. The van der Waals surface area contributed by atoms with Gasteiger partial charge in [-0.3, -0.25) is 0 Å². The quantitative estimate of drug-likeness (QED) is 0.802. The van der Waals surface area contributed by atoms with E-state index in [9.17, 15) is 9.90 Å². The molecular weight excluding hydrogens is 304 g/mol. The molecule has 2 aromatic heterocycles. The van der Waals surface area contributed by atoms with E-state index >= 15 is 0 Å². The second-order valence-corrected chi connectivity index (χ2v) is 6.00. The van der Waals surface area contributed by atoms with Gasteiger partial charge in [-0.2, -0.15) is 5.10 Å². The SMILES string of the molecule is CCc1c(C(=O)O)cn2ncnc(N3CCc4ccccc4C3)c12. The summed E-state index contributed by atoms with van der Waals surface area (Å²) in [7, 11) is 0. The van der Waals surface area contributed by atoms with Gasteiger partial charge in [0.05, 0.1) is 5.56 Å². The molecule has 0 bridgehead atoms. The van der Waals surface area contributed by atoms with Gasteiger partial charge in [-0.1, -0.05) is 31.2 Å². The number of anilines is 1. The summed E-state index contributed by atoms with van der Waals surface area (Å²) in [6, 6.07) is 8.43. The third kappa shape index (κ3) is 2.22. The summed E-state index contributed by atoms with van der Waals surface area (Å²) in [6.45, 7) is 3.60. The van der Waals surface area contributed by atoms with Crippen molar-refractivity contribution in [2.75, 3.05) is 11.4 Å². The molecule has 0 saturated carbocycles. The van der Waals surface area contributed by atoms with Crippen LogP contribution in [0.25, 0.3) is 5.52 Å². The van der Waals surface area contributed by atoms with Crippen molar-refractivity contribution in [2.45, 2.75) is 26.3 Å². The molecule has 1 aliphatic heterocycles. The number of benzene rings is 1. The summed E-state index contributed by atoms with van der Waals surface area (Å²) in [4.78, 5) is 18.2. The van der Waals surface area contributed by atoms with Crippen LogP contribution in [-0.4, -0.2) is 32.2 Å². The van der Waals surface area contributed by atoms with Gasteiger partial charge in [-0.15, -0.1) is 0 Å². The molecule has 0 aliphatic carbocycles. The van der Waals surface area contributed by atoms with Gasteiger partial charge in [0.2, 0.25) is 0 Å². The molecular formula is C18H18N4O2. The number of aromatic nitrogens is 3. The van der Waals surface area contributed by atoms with E-state index in [0.717, 1.165) is 36.4 Å². The Labute approximate surface area is 139 Å². The standard InChI is InChI=1S/C18H18N4O2/c1-2-14-15(18(23)24)10-22-16(14)17(19-11-20-22)21-8-7-12-5-3-4-6-13(12)9-21/h3-6,10-11H,2,7-9H2,1H3,(H,23,24). The Morgan fingerprint density at radius 2 is 2.08 bits per heavy atom. The number of rotatable bonds is 3. The van der Waals surface area contributed by atoms with Gasteiger partial charge in [0, 0.05) is 19.3 Å². The highest BCUT2D eigenvalue weighted by atomic mass is 16.4. The number of fused-ring (bicyclic) bond motifs is 2. The Morgan fingerprint density at radius 1 is 1.29 bits per heavy atom. The molecule has 3 heterocycles. The first-order valence-electron chi connectivity index (χ1n) is 8.09. The summed E-state index contributed by atoms with van der Waals surface area (Å²) in [5, 5.41) is 13.7. The van der Waals surface area contributed by atoms with Crippen LogP contribution in [0.2, 0.25) is 0 Å². The van der Waals surface area contributed by atoms with Gasteiger partial charge in [0.1, 0.15) is 11.8 Å². The van der Waals surface area contributed by atoms with Crippen LogP contribution in [0.5, 0.6) is 0 Å². The van der Waals surface area contributed by atoms with E-state index in [1.165, 1.54) is 17.5 Å². The van der Waals surface area contributed by atoms with Crippen molar-refractivity contribution in [2.24, 2.45) is 0 Å². The zero-order chi connectivity index (χ0) is 16.7. The van der Waals surface area contributed by atoms with Crippen LogP contribution in [0.3, 0.4) is 0 Å². The van der Waals surface area contributed by atoms with E-state index in [-0.39, 0.29) is 0 Å². The van der Waals surface area contributed by atoms with Crippen LogP contribution < -0.4 is 4.90 Å². The minimum Gasteiger partial charge on any atom is -0.478 e. The lowest BCUT2D eigenvalue weighted by Gasteiger charge is -2.30. The predicted molar refractivity (Wildman–Crippen MR) is 90.5 cm³/mol. The van der Waals surface area contributed by atoms with E-state index < -0.39 is 5.97 Å². The van der Waals surface area contributed by atoms with Crippen molar-refractivity contribution in [1.82, 2.24) is 14.6 Å². The number of carboxylic acid groups (broad SMARTS) is 1. The number of carbonyl (C=O) groups is 1. The van der Waals surface area contributed by atoms with Crippen molar-refractivity contribution in [3.8, 4) is 0 Å². The summed E-state index contributed by atoms with van der Waals surface area (Å²) >= 11 is 0. The lowest BCUT2D eigenvalue weighted by atomic mass is 10.00. The molecule has 1 aromatic carbocycles. The highest BCUT2D eigenvalue weighted by Gasteiger charge is 2.24. The summed E-state index contributed by atoms with van der Waals surface area (Å²) in [5.74, 6) is -0.115. The fourth-order valence-electron chi connectivity index (χ4n) is 3.51. The molecule has 1 N–H and O–H groups in total.